The average Bonchev–Trinajstić information content (AvgIpc) is 1.96. The monoisotopic (exact) mass is 262 g/mol. The summed E-state index contributed by atoms with van der Waals surface area (Å²) in [5.74, 6) is 0. The van der Waals surface area contributed by atoms with Crippen LogP contribution in [0.1, 0.15) is 13.8 Å². The summed E-state index contributed by atoms with van der Waals surface area (Å²) in [5.41, 5.74) is 3.97. The number of alkyl halides is 1. The molecule has 0 aromatic carbocycles. The molecule has 0 aliphatic heterocycles. The number of rotatable bonds is 2. The van der Waals surface area contributed by atoms with Crippen LogP contribution in [-0.4, -0.2) is 10.2 Å². The summed E-state index contributed by atoms with van der Waals surface area (Å²) in [6.07, 6.45) is 2.97. The van der Waals surface area contributed by atoms with Gasteiger partial charge in [-0.05, 0) is 29.8 Å². The van der Waals surface area contributed by atoms with Crippen LogP contribution < -0.4 is 11.2 Å². The van der Waals surface area contributed by atoms with Crippen molar-refractivity contribution >= 4 is 21.6 Å². The van der Waals surface area contributed by atoms with E-state index in [1.165, 1.54) is 26.2 Å². The van der Waals surface area contributed by atoms with E-state index in [2.05, 4.69) is 15.9 Å². The summed E-state index contributed by atoms with van der Waals surface area (Å²) in [4.78, 5) is 11.2. The zero-order chi connectivity index (χ0) is 10.9. The summed E-state index contributed by atoms with van der Waals surface area (Å²) in [7, 11) is 0. The molecule has 5 heteroatoms. The Labute approximate surface area is 89.9 Å². The molecule has 1 heterocycles. The Balaban J connectivity index is 3.08. The zero-order valence-corrected chi connectivity index (χ0v) is 9.64. The van der Waals surface area contributed by atoms with Crippen molar-refractivity contribution in [3.05, 3.63) is 27.1 Å². The molecule has 0 saturated heterocycles. The standard InChI is InChI=1S/C9H12BrFN2O/c1-9(2,11)5-13-3-6(10)8(14)7(12)4-13/h3-4H,5,12H2,1-2H3. The second-order valence-corrected chi connectivity index (χ2v) is 4.64. The third kappa shape index (κ3) is 2.83. The highest BCUT2D eigenvalue weighted by atomic mass is 79.9. The normalized spacial score (nSPS) is 11.7. The number of hydrogen-bond donors (Lipinski definition) is 1. The van der Waals surface area contributed by atoms with Crippen LogP contribution in [0.5, 0.6) is 0 Å². The molecule has 1 rings (SSSR count). The van der Waals surface area contributed by atoms with Crippen LogP contribution >= 0.6 is 15.9 Å². The Bertz CT molecular complexity index is 369. The molecule has 0 radical (unpaired) electrons. The van der Waals surface area contributed by atoms with Gasteiger partial charge in [-0.25, -0.2) is 4.39 Å². The second-order valence-electron chi connectivity index (χ2n) is 3.78. The van der Waals surface area contributed by atoms with Crippen molar-refractivity contribution in [3.63, 3.8) is 0 Å². The summed E-state index contributed by atoms with van der Waals surface area (Å²) in [6, 6.07) is 0. The van der Waals surface area contributed by atoms with E-state index in [1.54, 1.807) is 4.57 Å². The SMILES string of the molecule is CC(C)(F)Cn1cc(N)c(=O)c(Br)c1. The van der Waals surface area contributed by atoms with Crippen molar-refractivity contribution in [1.29, 1.82) is 0 Å². The summed E-state index contributed by atoms with van der Waals surface area (Å²) < 4.78 is 15.2. The lowest BCUT2D eigenvalue weighted by molar-refractivity contribution is 0.186. The lowest BCUT2D eigenvalue weighted by Gasteiger charge is -2.16. The van der Waals surface area contributed by atoms with Gasteiger partial charge in [0.25, 0.3) is 0 Å². The number of aromatic nitrogens is 1. The molecule has 0 amide bonds. The molecular formula is C9H12BrFN2O. The van der Waals surface area contributed by atoms with Gasteiger partial charge >= 0.3 is 0 Å². The lowest BCUT2D eigenvalue weighted by Crippen LogP contribution is -2.23. The number of anilines is 1. The molecule has 0 spiro atoms. The van der Waals surface area contributed by atoms with Crippen molar-refractivity contribution in [2.24, 2.45) is 0 Å². The number of nitrogens with two attached hydrogens (primary N) is 1. The van der Waals surface area contributed by atoms with Gasteiger partial charge in [-0.15, -0.1) is 0 Å². The van der Waals surface area contributed by atoms with Gasteiger partial charge in [-0.3, -0.25) is 4.79 Å². The third-order valence-electron chi connectivity index (χ3n) is 1.62. The summed E-state index contributed by atoms with van der Waals surface area (Å²) in [6.45, 7) is 3.10. The highest BCUT2D eigenvalue weighted by Gasteiger charge is 2.16. The van der Waals surface area contributed by atoms with Gasteiger partial charge in [0.2, 0.25) is 5.43 Å². The van der Waals surface area contributed by atoms with E-state index >= 15 is 0 Å². The largest absolute Gasteiger partial charge is 0.394 e. The first-order chi connectivity index (χ1) is 6.29. The molecule has 0 saturated carbocycles. The molecule has 0 atom stereocenters. The number of halogens is 2. The van der Waals surface area contributed by atoms with Crippen molar-refractivity contribution in [3.8, 4) is 0 Å². The van der Waals surface area contributed by atoms with Crippen LogP contribution in [0.3, 0.4) is 0 Å². The first-order valence-corrected chi connectivity index (χ1v) is 4.93. The first-order valence-electron chi connectivity index (χ1n) is 4.13. The number of hydrogen-bond acceptors (Lipinski definition) is 2. The van der Waals surface area contributed by atoms with E-state index in [0.29, 0.717) is 4.47 Å². The average molecular weight is 263 g/mol. The highest BCUT2D eigenvalue weighted by molar-refractivity contribution is 9.10. The van der Waals surface area contributed by atoms with Crippen molar-refractivity contribution in [2.75, 3.05) is 5.73 Å². The van der Waals surface area contributed by atoms with Crippen molar-refractivity contribution in [1.82, 2.24) is 4.57 Å². The van der Waals surface area contributed by atoms with Crippen LogP contribution in [0.2, 0.25) is 0 Å². The lowest BCUT2D eigenvalue weighted by atomic mass is 10.2. The van der Waals surface area contributed by atoms with Crippen LogP contribution in [-0.2, 0) is 6.54 Å². The Kier molecular flexibility index (Phi) is 2.99. The maximum absolute atomic E-state index is 13.3. The number of nitrogens with zero attached hydrogens (tertiary/aromatic N) is 1. The molecule has 1 aromatic rings. The van der Waals surface area contributed by atoms with E-state index in [9.17, 15) is 9.18 Å². The van der Waals surface area contributed by atoms with Crippen LogP contribution in [0.15, 0.2) is 21.7 Å². The van der Waals surface area contributed by atoms with Gasteiger partial charge in [-0.1, -0.05) is 0 Å². The van der Waals surface area contributed by atoms with Gasteiger partial charge in [0.15, 0.2) is 0 Å². The van der Waals surface area contributed by atoms with Gasteiger partial charge in [0.1, 0.15) is 5.67 Å². The molecule has 78 valence electrons. The minimum absolute atomic E-state index is 0.114. The fourth-order valence-electron chi connectivity index (χ4n) is 1.14. The highest BCUT2D eigenvalue weighted by Crippen LogP contribution is 2.14. The number of pyridine rings is 1. The molecule has 2 N–H and O–H groups in total. The minimum Gasteiger partial charge on any atom is -0.394 e. The molecule has 14 heavy (non-hydrogen) atoms. The van der Waals surface area contributed by atoms with Gasteiger partial charge in [0.05, 0.1) is 16.7 Å². The predicted octanol–water partition coefficient (Wildman–Crippen LogP) is 1.94. The topological polar surface area (TPSA) is 48.0 Å². The van der Waals surface area contributed by atoms with E-state index in [-0.39, 0.29) is 17.7 Å². The Morgan fingerprint density at radius 2 is 2.14 bits per heavy atom. The fraction of sp³-hybridized carbons (Fsp3) is 0.444. The molecule has 3 nitrogen and oxygen atoms in total. The molecular weight excluding hydrogens is 251 g/mol. The quantitative estimate of drug-likeness (QED) is 0.886. The third-order valence-corrected chi connectivity index (χ3v) is 2.19. The summed E-state index contributed by atoms with van der Waals surface area (Å²) in [5, 5.41) is 0. The van der Waals surface area contributed by atoms with E-state index in [0.717, 1.165) is 0 Å². The summed E-state index contributed by atoms with van der Waals surface area (Å²) >= 11 is 3.07. The van der Waals surface area contributed by atoms with Gasteiger partial charge in [-0.2, -0.15) is 0 Å². The molecule has 1 aromatic heterocycles. The second kappa shape index (κ2) is 3.73. The van der Waals surface area contributed by atoms with Crippen molar-refractivity contribution in [2.45, 2.75) is 26.1 Å². The Morgan fingerprint density at radius 3 is 2.57 bits per heavy atom. The zero-order valence-electron chi connectivity index (χ0n) is 8.05. The first kappa shape index (κ1) is 11.2. The van der Waals surface area contributed by atoms with Crippen LogP contribution in [0.4, 0.5) is 10.1 Å². The Hall–Kier alpha value is -0.840. The Morgan fingerprint density at radius 1 is 1.57 bits per heavy atom. The minimum atomic E-state index is -1.33. The van der Waals surface area contributed by atoms with E-state index in [4.69, 9.17) is 5.73 Å². The molecule has 0 aliphatic carbocycles. The van der Waals surface area contributed by atoms with Crippen LogP contribution in [0.25, 0.3) is 0 Å². The van der Waals surface area contributed by atoms with E-state index in [1.807, 2.05) is 0 Å². The number of nitrogen functional groups attached to an aromatic ring is 1. The smallest absolute Gasteiger partial charge is 0.218 e. The fourth-order valence-corrected chi connectivity index (χ4v) is 1.63. The molecule has 0 aliphatic rings. The maximum atomic E-state index is 13.3. The van der Waals surface area contributed by atoms with Gasteiger partial charge < -0.3 is 10.3 Å². The maximum Gasteiger partial charge on any atom is 0.218 e. The predicted molar refractivity (Wildman–Crippen MR) is 58.0 cm³/mol. The molecule has 0 fully saturated rings. The van der Waals surface area contributed by atoms with E-state index < -0.39 is 5.67 Å². The molecule has 0 bridgehead atoms. The molecule has 0 unspecified atom stereocenters. The van der Waals surface area contributed by atoms with Gasteiger partial charge in [0, 0.05) is 12.4 Å². The van der Waals surface area contributed by atoms with Crippen LogP contribution in [0, 0.1) is 0 Å². The van der Waals surface area contributed by atoms with Crippen molar-refractivity contribution < 1.29 is 4.39 Å².